The van der Waals surface area contributed by atoms with Crippen LogP contribution in [0.2, 0.25) is 5.02 Å². The molecule has 0 fully saturated rings. The highest BCUT2D eigenvalue weighted by Crippen LogP contribution is 2.31. The Balaban J connectivity index is 1.84. The third kappa shape index (κ3) is 5.61. The van der Waals surface area contributed by atoms with Crippen LogP contribution in [0.5, 0.6) is 5.75 Å². The maximum atomic E-state index is 14.4. The number of halogens is 2. The van der Waals surface area contributed by atoms with Gasteiger partial charge in [-0.15, -0.1) is 0 Å². The van der Waals surface area contributed by atoms with Gasteiger partial charge >= 0.3 is 0 Å². The van der Waals surface area contributed by atoms with Crippen LogP contribution in [0.25, 0.3) is 10.9 Å². The summed E-state index contributed by atoms with van der Waals surface area (Å²) < 4.78 is 24.8. The van der Waals surface area contributed by atoms with E-state index in [0.717, 1.165) is 5.56 Å². The number of nitrogens with zero attached hydrogens (tertiary/aromatic N) is 2. The highest BCUT2D eigenvalue weighted by atomic mass is 35.5. The minimum atomic E-state index is -0.572. The summed E-state index contributed by atoms with van der Waals surface area (Å²) in [6, 6.07) is 7.85. The average Bonchev–Trinajstić information content (AvgIpc) is 2.80. The average molecular weight is 462 g/mol. The third-order valence-electron chi connectivity index (χ3n) is 4.85. The van der Waals surface area contributed by atoms with Crippen molar-refractivity contribution in [3.8, 4) is 5.75 Å². The molecule has 8 nitrogen and oxygen atoms in total. The van der Waals surface area contributed by atoms with Gasteiger partial charge in [0.25, 0.3) is 0 Å². The van der Waals surface area contributed by atoms with Gasteiger partial charge in [0.05, 0.1) is 36.0 Å². The first-order chi connectivity index (χ1) is 15.4. The Bertz CT molecular complexity index is 1100. The predicted molar refractivity (Wildman–Crippen MR) is 122 cm³/mol. The lowest BCUT2D eigenvalue weighted by Gasteiger charge is -2.16. The topological polar surface area (TPSA) is 97.4 Å². The number of carbonyl (C=O) groups is 1. The first-order valence-electron chi connectivity index (χ1n) is 9.97. The van der Waals surface area contributed by atoms with Crippen LogP contribution in [-0.4, -0.2) is 49.3 Å². The molecule has 0 radical (unpaired) electrons. The van der Waals surface area contributed by atoms with Crippen molar-refractivity contribution in [2.45, 2.75) is 19.5 Å². The smallest absolute Gasteiger partial charge is 0.237 e. The molecule has 3 aromatic rings. The van der Waals surface area contributed by atoms with Gasteiger partial charge in [-0.1, -0.05) is 17.7 Å². The van der Waals surface area contributed by atoms with E-state index >= 15 is 0 Å². The van der Waals surface area contributed by atoms with Gasteiger partial charge in [-0.25, -0.2) is 14.4 Å². The summed E-state index contributed by atoms with van der Waals surface area (Å²) in [5.74, 6) is 0.237. The number of fused-ring (bicyclic) bond motifs is 1. The quantitative estimate of drug-likeness (QED) is 0.398. The number of ether oxygens (including phenoxy) is 2. The van der Waals surface area contributed by atoms with E-state index in [0.29, 0.717) is 35.6 Å². The van der Waals surface area contributed by atoms with Crippen LogP contribution in [0.1, 0.15) is 12.5 Å². The molecule has 1 heterocycles. The zero-order chi connectivity index (χ0) is 23.1. The number of anilines is 2. The molecule has 0 aliphatic carbocycles. The fraction of sp³-hybridized carbons (Fsp3) is 0.318. The summed E-state index contributed by atoms with van der Waals surface area (Å²) in [6.07, 6.45) is 1.38. The van der Waals surface area contributed by atoms with Gasteiger partial charge in [0, 0.05) is 37.2 Å². The number of aromatic nitrogens is 2. The van der Waals surface area contributed by atoms with Crippen LogP contribution in [-0.2, 0) is 16.1 Å². The number of carbonyl (C=O) groups excluding carboxylic acids is 1. The molecule has 2 aromatic carbocycles. The lowest BCUT2D eigenvalue weighted by atomic mass is 10.1. The van der Waals surface area contributed by atoms with Gasteiger partial charge in [-0.3, -0.25) is 4.79 Å². The maximum absolute atomic E-state index is 14.4. The highest BCUT2D eigenvalue weighted by molar-refractivity contribution is 6.31. The van der Waals surface area contributed by atoms with Crippen molar-refractivity contribution >= 4 is 39.9 Å². The summed E-state index contributed by atoms with van der Waals surface area (Å²) in [5.41, 5.74) is 1.52. The van der Waals surface area contributed by atoms with Crippen molar-refractivity contribution < 1.29 is 18.7 Å². The molecule has 3 N–H and O–H groups in total. The lowest BCUT2D eigenvalue weighted by molar-refractivity contribution is -0.122. The predicted octanol–water partition coefficient (Wildman–Crippen LogP) is 3.42. The summed E-state index contributed by atoms with van der Waals surface area (Å²) in [5, 5.41) is 9.59. The van der Waals surface area contributed by atoms with E-state index in [9.17, 15) is 9.18 Å². The molecule has 1 atom stereocenters. The Morgan fingerprint density at radius 3 is 2.81 bits per heavy atom. The van der Waals surface area contributed by atoms with Gasteiger partial charge < -0.3 is 25.4 Å². The van der Waals surface area contributed by atoms with Crippen LogP contribution < -0.4 is 20.7 Å². The normalized spacial score (nSPS) is 11.9. The number of hydrogen-bond acceptors (Lipinski definition) is 7. The fourth-order valence-corrected chi connectivity index (χ4v) is 3.26. The van der Waals surface area contributed by atoms with Gasteiger partial charge in [0.2, 0.25) is 5.91 Å². The number of methoxy groups -OCH3 is 2. The molecule has 3 rings (SSSR count). The molecule has 0 saturated heterocycles. The number of amides is 1. The Labute approximate surface area is 190 Å². The van der Waals surface area contributed by atoms with Crippen molar-refractivity contribution in [2.24, 2.45) is 0 Å². The van der Waals surface area contributed by atoms with E-state index in [1.165, 1.54) is 12.4 Å². The second-order valence-electron chi connectivity index (χ2n) is 7.02. The van der Waals surface area contributed by atoms with E-state index in [1.807, 2.05) is 6.07 Å². The molecule has 0 aliphatic heterocycles. The highest BCUT2D eigenvalue weighted by Gasteiger charge is 2.16. The molecule has 0 saturated carbocycles. The van der Waals surface area contributed by atoms with Crippen molar-refractivity contribution in [3.63, 3.8) is 0 Å². The Morgan fingerprint density at radius 2 is 2.06 bits per heavy atom. The van der Waals surface area contributed by atoms with Gasteiger partial charge in [-0.05, 0) is 25.1 Å². The Kier molecular flexibility index (Phi) is 8.15. The van der Waals surface area contributed by atoms with Crippen LogP contribution >= 0.6 is 11.6 Å². The molecule has 32 heavy (non-hydrogen) atoms. The molecule has 0 aliphatic rings. The first kappa shape index (κ1) is 23.6. The zero-order valence-electron chi connectivity index (χ0n) is 18.0. The number of benzene rings is 2. The molecule has 1 aromatic heterocycles. The summed E-state index contributed by atoms with van der Waals surface area (Å²) in [7, 11) is 3.15. The summed E-state index contributed by atoms with van der Waals surface area (Å²) >= 11 is 5.88. The molecule has 0 spiro atoms. The van der Waals surface area contributed by atoms with E-state index in [2.05, 4.69) is 25.9 Å². The van der Waals surface area contributed by atoms with Crippen molar-refractivity contribution in [3.05, 3.63) is 53.1 Å². The molecular formula is C22H25ClFN5O3. The monoisotopic (exact) mass is 461 g/mol. The summed E-state index contributed by atoms with van der Waals surface area (Å²) in [4.78, 5) is 20.9. The van der Waals surface area contributed by atoms with Crippen molar-refractivity contribution in [1.82, 2.24) is 20.6 Å². The Hall–Kier alpha value is -3.01. The van der Waals surface area contributed by atoms with E-state index in [4.69, 9.17) is 21.1 Å². The maximum Gasteiger partial charge on any atom is 0.237 e. The van der Waals surface area contributed by atoms with E-state index in [1.54, 1.807) is 39.3 Å². The molecule has 0 bridgehead atoms. The standard InChI is InChI=1S/C22H25ClFN5O3/c1-13(25-7-8-31-2)22(30)26-11-14-9-15-18(10-19(14)32-3)27-12-28-21(15)29-17-6-4-5-16(23)20(17)24/h4-6,9-10,12-13,25H,7-8,11H2,1-3H3,(H,26,30)(H,27,28,29)/t13-/m1/s1. The zero-order valence-corrected chi connectivity index (χ0v) is 18.8. The van der Waals surface area contributed by atoms with Gasteiger partial charge in [0.15, 0.2) is 5.82 Å². The van der Waals surface area contributed by atoms with E-state index < -0.39 is 5.82 Å². The SMILES string of the molecule is COCCN[C@H](C)C(=O)NCc1cc2c(Nc3cccc(Cl)c3F)ncnc2cc1OC. The fourth-order valence-electron chi connectivity index (χ4n) is 3.09. The molecule has 10 heteroatoms. The Morgan fingerprint density at radius 1 is 1.25 bits per heavy atom. The van der Waals surface area contributed by atoms with Crippen molar-refractivity contribution in [1.29, 1.82) is 0 Å². The first-order valence-corrected chi connectivity index (χ1v) is 10.3. The lowest BCUT2D eigenvalue weighted by Crippen LogP contribution is -2.43. The molecule has 1 amide bonds. The minimum Gasteiger partial charge on any atom is -0.496 e. The van der Waals surface area contributed by atoms with Crippen LogP contribution in [0.4, 0.5) is 15.9 Å². The number of rotatable bonds is 10. The van der Waals surface area contributed by atoms with E-state index in [-0.39, 0.29) is 29.2 Å². The van der Waals surface area contributed by atoms with Crippen LogP contribution in [0.3, 0.4) is 0 Å². The van der Waals surface area contributed by atoms with Crippen LogP contribution in [0, 0.1) is 5.82 Å². The number of nitrogens with one attached hydrogen (secondary N) is 3. The third-order valence-corrected chi connectivity index (χ3v) is 5.14. The largest absolute Gasteiger partial charge is 0.496 e. The van der Waals surface area contributed by atoms with Gasteiger partial charge in [-0.2, -0.15) is 0 Å². The van der Waals surface area contributed by atoms with Gasteiger partial charge in [0.1, 0.15) is 17.9 Å². The molecule has 0 unspecified atom stereocenters. The summed E-state index contributed by atoms with van der Waals surface area (Å²) in [6.45, 7) is 3.09. The number of hydrogen-bond donors (Lipinski definition) is 3. The van der Waals surface area contributed by atoms with Crippen molar-refractivity contribution in [2.75, 3.05) is 32.7 Å². The molecular weight excluding hydrogens is 437 g/mol. The second-order valence-corrected chi connectivity index (χ2v) is 7.42. The van der Waals surface area contributed by atoms with Crippen LogP contribution in [0.15, 0.2) is 36.7 Å². The minimum absolute atomic E-state index is 0.00617. The second kappa shape index (κ2) is 11.0. The molecule has 170 valence electrons.